The fourth-order valence-electron chi connectivity index (χ4n) is 3.94. The predicted molar refractivity (Wildman–Crippen MR) is 156 cm³/mol. The molecule has 232 valence electrons. The molecule has 0 aromatic heterocycles. The highest BCUT2D eigenvalue weighted by molar-refractivity contribution is 6.13. The number of nitrogens with two attached hydrogens (primary N) is 1. The maximum Gasteiger partial charge on any atom is 0.326 e. The number of Topliss-reactive ketones (excluding diaryl/α,β-unsaturated/α-hetero) is 1. The number of benzene rings is 1. The van der Waals surface area contributed by atoms with Crippen LogP contribution in [0.5, 0.6) is 5.75 Å². The first kappa shape index (κ1) is 36.0. The fraction of sp³-hybridized carbons (Fsp3) is 0.667. The first-order chi connectivity index (χ1) is 18.5. The second-order valence-electron chi connectivity index (χ2n) is 13.1. The third-order valence-electron chi connectivity index (χ3n) is 5.48. The normalized spacial score (nSPS) is 18.6. The smallest absolute Gasteiger partial charge is 0.326 e. The van der Waals surface area contributed by atoms with Crippen molar-refractivity contribution in [2.45, 2.75) is 104 Å². The van der Waals surface area contributed by atoms with Crippen molar-refractivity contribution in [1.29, 1.82) is 0 Å². The molecule has 1 saturated heterocycles. The number of aliphatic carboxylic acids is 1. The van der Waals surface area contributed by atoms with E-state index in [0.29, 0.717) is 12.3 Å². The molecule has 0 aliphatic carbocycles. The number of ether oxygens (including phenoxy) is 3. The summed E-state index contributed by atoms with van der Waals surface area (Å²) in [6, 6.07) is 6.41. The van der Waals surface area contributed by atoms with Gasteiger partial charge in [-0.25, -0.2) is 0 Å². The number of ketones is 1. The largest absolute Gasteiger partial charge is 0.488 e. The Morgan fingerprint density at radius 2 is 1.54 bits per heavy atom. The van der Waals surface area contributed by atoms with Crippen LogP contribution in [0.25, 0.3) is 0 Å². The molecule has 1 aliphatic rings. The zero-order valence-electron chi connectivity index (χ0n) is 26.3. The van der Waals surface area contributed by atoms with Crippen LogP contribution in [0.15, 0.2) is 24.3 Å². The number of piperazine rings is 1. The molecular formula is C30H49N3O8. The quantitative estimate of drug-likeness (QED) is 0.293. The molecule has 41 heavy (non-hydrogen) atoms. The lowest BCUT2D eigenvalue weighted by molar-refractivity contribution is -0.165. The third-order valence-corrected chi connectivity index (χ3v) is 5.48. The summed E-state index contributed by atoms with van der Waals surface area (Å²) in [7, 11) is 0. The molecule has 1 unspecified atom stereocenters. The predicted octanol–water partition coefficient (Wildman–Crippen LogP) is 2.72. The average molecular weight is 580 g/mol. The number of amides is 1. The molecule has 0 bridgehead atoms. The molecule has 1 fully saturated rings. The summed E-state index contributed by atoms with van der Waals surface area (Å²) in [5, 5.41) is 10.5. The zero-order chi connectivity index (χ0) is 31.8. The molecule has 1 heterocycles. The molecule has 4 N–H and O–H groups in total. The lowest BCUT2D eigenvalue weighted by Crippen LogP contribution is -2.73. The van der Waals surface area contributed by atoms with Crippen LogP contribution in [0.3, 0.4) is 0 Å². The molecular weight excluding hydrogens is 530 g/mol. The Balaban J connectivity index is 0.00000196. The Labute approximate surface area is 244 Å². The standard InChI is InChI=1S/C28H45N3O6.C2H4O2/c1-25(2,3)35-18-28(24(34)31(15-14-30-28)17-22(32)37-27(7,8)9)23(33)21(29)16-19-10-12-20(13-11-19)36-26(4,5)6;1-2(3)4/h10-13,21,30H,14-18,29H2,1-9H3;1H3,(H,3,4)/t21-,28?;/m0./s1. The molecule has 11 nitrogen and oxygen atoms in total. The number of carboxylic acids is 1. The fourth-order valence-corrected chi connectivity index (χ4v) is 3.94. The van der Waals surface area contributed by atoms with Crippen LogP contribution in [-0.2, 0) is 35.1 Å². The zero-order valence-corrected chi connectivity index (χ0v) is 26.3. The summed E-state index contributed by atoms with van der Waals surface area (Å²) in [6.07, 6.45) is 0.229. The van der Waals surface area contributed by atoms with Gasteiger partial charge in [-0.05, 0) is 86.4 Å². The highest BCUT2D eigenvalue weighted by Gasteiger charge is 2.52. The average Bonchev–Trinajstić information content (AvgIpc) is 2.77. The Morgan fingerprint density at radius 1 is 1.00 bits per heavy atom. The van der Waals surface area contributed by atoms with Crippen molar-refractivity contribution in [3.05, 3.63) is 29.8 Å². The van der Waals surface area contributed by atoms with Crippen molar-refractivity contribution in [1.82, 2.24) is 10.2 Å². The van der Waals surface area contributed by atoms with Crippen LogP contribution in [-0.4, -0.2) is 88.3 Å². The third kappa shape index (κ3) is 13.0. The van der Waals surface area contributed by atoms with Gasteiger partial charge in [-0.2, -0.15) is 0 Å². The minimum Gasteiger partial charge on any atom is -0.488 e. The van der Waals surface area contributed by atoms with Gasteiger partial charge in [0.1, 0.15) is 23.5 Å². The summed E-state index contributed by atoms with van der Waals surface area (Å²) in [4.78, 5) is 50.4. The van der Waals surface area contributed by atoms with Crippen LogP contribution in [0.2, 0.25) is 0 Å². The number of hydrogen-bond donors (Lipinski definition) is 3. The summed E-state index contributed by atoms with van der Waals surface area (Å²) < 4.78 is 17.2. The Kier molecular flexibility index (Phi) is 12.5. The highest BCUT2D eigenvalue weighted by Crippen LogP contribution is 2.24. The Bertz CT molecular complexity index is 1050. The highest BCUT2D eigenvalue weighted by atomic mass is 16.6. The lowest BCUT2D eigenvalue weighted by atomic mass is 9.84. The van der Waals surface area contributed by atoms with Gasteiger partial charge in [-0.1, -0.05) is 12.1 Å². The Morgan fingerprint density at radius 3 is 2.00 bits per heavy atom. The van der Waals surface area contributed by atoms with Gasteiger partial charge in [0.05, 0.1) is 18.2 Å². The van der Waals surface area contributed by atoms with E-state index in [0.717, 1.165) is 12.5 Å². The van der Waals surface area contributed by atoms with Crippen molar-refractivity contribution < 1.29 is 38.5 Å². The molecule has 2 rings (SSSR count). The number of rotatable bonds is 9. The maximum atomic E-state index is 13.8. The van der Waals surface area contributed by atoms with Gasteiger partial charge < -0.3 is 30.0 Å². The van der Waals surface area contributed by atoms with E-state index in [1.165, 1.54) is 4.90 Å². The van der Waals surface area contributed by atoms with E-state index in [1.54, 1.807) is 20.8 Å². The van der Waals surface area contributed by atoms with Crippen LogP contribution in [0, 0.1) is 0 Å². The number of hydrogen-bond acceptors (Lipinski definition) is 9. The van der Waals surface area contributed by atoms with E-state index in [2.05, 4.69) is 5.32 Å². The van der Waals surface area contributed by atoms with E-state index in [9.17, 15) is 14.4 Å². The second kappa shape index (κ2) is 14.2. The van der Waals surface area contributed by atoms with Gasteiger partial charge >= 0.3 is 5.97 Å². The SMILES string of the molecule is CC(=O)O.CC(C)(C)OCC1(C(=O)[C@@H](N)Cc2ccc(OC(C)(C)C)cc2)NCCN(CC(=O)OC(C)(C)C)C1=O. The van der Waals surface area contributed by atoms with Crippen LogP contribution >= 0.6 is 0 Å². The van der Waals surface area contributed by atoms with Gasteiger partial charge in [0, 0.05) is 20.0 Å². The molecule has 2 atom stereocenters. The first-order valence-electron chi connectivity index (χ1n) is 13.7. The molecule has 0 saturated carbocycles. The number of carbonyl (C=O) groups excluding carboxylic acids is 3. The van der Waals surface area contributed by atoms with E-state index in [1.807, 2.05) is 65.8 Å². The lowest BCUT2D eigenvalue weighted by Gasteiger charge is -2.43. The summed E-state index contributed by atoms with van der Waals surface area (Å²) in [5.41, 5.74) is 3.91. The van der Waals surface area contributed by atoms with E-state index in [-0.39, 0.29) is 31.7 Å². The van der Waals surface area contributed by atoms with Gasteiger partial charge in [0.2, 0.25) is 0 Å². The summed E-state index contributed by atoms with van der Waals surface area (Å²) >= 11 is 0. The van der Waals surface area contributed by atoms with Gasteiger partial charge in [-0.15, -0.1) is 0 Å². The van der Waals surface area contributed by atoms with Crippen molar-refractivity contribution in [2.24, 2.45) is 5.73 Å². The maximum absolute atomic E-state index is 13.8. The molecule has 1 aromatic rings. The van der Waals surface area contributed by atoms with Gasteiger partial charge in [0.25, 0.3) is 11.9 Å². The van der Waals surface area contributed by atoms with Crippen molar-refractivity contribution in [2.75, 3.05) is 26.2 Å². The molecule has 0 spiro atoms. The Hall–Kier alpha value is -3.02. The second-order valence-corrected chi connectivity index (χ2v) is 13.1. The first-order valence-corrected chi connectivity index (χ1v) is 13.7. The van der Waals surface area contributed by atoms with E-state index in [4.69, 9.17) is 29.8 Å². The molecule has 1 amide bonds. The molecule has 11 heteroatoms. The topological polar surface area (TPSA) is 157 Å². The van der Waals surface area contributed by atoms with Crippen molar-refractivity contribution in [3.63, 3.8) is 0 Å². The van der Waals surface area contributed by atoms with E-state index >= 15 is 0 Å². The molecule has 0 radical (unpaired) electrons. The number of carbonyl (C=O) groups is 4. The van der Waals surface area contributed by atoms with Crippen molar-refractivity contribution >= 4 is 23.6 Å². The van der Waals surface area contributed by atoms with Crippen LogP contribution in [0.1, 0.15) is 74.8 Å². The van der Waals surface area contributed by atoms with Crippen LogP contribution < -0.4 is 15.8 Å². The van der Waals surface area contributed by atoms with Crippen molar-refractivity contribution in [3.8, 4) is 5.75 Å². The molecule has 1 aliphatic heterocycles. The van der Waals surface area contributed by atoms with Crippen LogP contribution in [0.4, 0.5) is 0 Å². The minimum atomic E-state index is -1.71. The van der Waals surface area contributed by atoms with E-state index < -0.39 is 46.4 Å². The van der Waals surface area contributed by atoms with Gasteiger partial charge in [0.15, 0.2) is 11.3 Å². The monoisotopic (exact) mass is 579 g/mol. The summed E-state index contributed by atoms with van der Waals surface area (Å²) in [6.45, 7) is 17.9. The summed E-state index contributed by atoms with van der Waals surface area (Å²) in [5.74, 6) is -1.68. The minimum absolute atomic E-state index is 0.203. The number of nitrogens with zero attached hydrogens (tertiary/aromatic N) is 1. The van der Waals surface area contributed by atoms with Gasteiger partial charge in [-0.3, -0.25) is 24.5 Å². The number of nitrogens with one attached hydrogen (secondary N) is 1. The number of carboxylic acid groups (broad SMARTS) is 1. The number of esters is 1. The molecule has 1 aromatic carbocycles.